The van der Waals surface area contributed by atoms with Crippen molar-refractivity contribution in [3.8, 4) is 5.69 Å². The highest BCUT2D eigenvalue weighted by molar-refractivity contribution is 5.74. The largest absolute Gasteiger partial charge is 0.335 e. The first kappa shape index (κ1) is 16.6. The number of urea groups is 1. The molecular formula is C19H26N4O. The molecule has 5 nitrogen and oxygen atoms in total. The van der Waals surface area contributed by atoms with Crippen LogP contribution in [0.5, 0.6) is 0 Å². The van der Waals surface area contributed by atoms with Gasteiger partial charge in [-0.2, -0.15) is 0 Å². The minimum atomic E-state index is -0.0688. The fraction of sp³-hybridized carbons (Fsp3) is 0.474. The van der Waals surface area contributed by atoms with E-state index in [1.54, 1.807) is 12.5 Å². The number of nitrogens with one attached hydrogen (secondary N) is 2. The van der Waals surface area contributed by atoms with Crippen LogP contribution >= 0.6 is 0 Å². The van der Waals surface area contributed by atoms with Crippen molar-refractivity contribution in [2.24, 2.45) is 5.92 Å². The van der Waals surface area contributed by atoms with E-state index in [1.165, 1.54) is 12.8 Å². The van der Waals surface area contributed by atoms with Gasteiger partial charge < -0.3 is 15.2 Å². The van der Waals surface area contributed by atoms with Crippen molar-refractivity contribution in [2.75, 3.05) is 0 Å². The van der Waals surface area contributed by atoms with Gasteiger partial charge in [-0.25, -0.2) is 9.78 Å². The number of carbonyl (C=O) groups is 1. The maximum atomic E-state index is 12.2. The van der Waals surface area contributed by atoms with E-state index >= 15 is 0 Å². The SMILES string of the molecule is CC1CCC(NC(=O)N[C@H](C)c2ccc(-n3ccnc3)cc2)CC1. The molecule has 0 spiro atoms. The lowest BCUT2D eigenvalue weighted by molar-refractivity contribution is 0.225. The van der Waals surface area contributed by atoms with Crippen molar-refractivity contribution in [2.45, 2.75) is 51.6 Å². The van der Waals surface area contributed by atoms with Crippen LogP contribution in [0.2, 0.25) is 0 Å². The van der Waals surface area contributed by atoms with Crippen LogP contribution in [0, 0.1) is 5.92 Å². The molecule has 5 heteroatoms. The van der Waals surface area contributed by atoms with Crippen molar-refractivity contribution in [1.82, 2.24) is 20.2 Å². The smallest absolute Gasteiger partial charge is 0.315 e. The van der Waals surface area contributed by atoms with Crippen LogP contribution < -0.4 is 10.6 Å². The number of imidazole rings is 1. The molecule has 0 unspecified atom stereocenters. The Morgan fingerprint density at radius 3 is 2.54 bits per heavy atom. The molecule has 1 atom stereocenters. The van der Waals surface area contributed by atoms with Crippen LogP contribution in [0.15, 0.2) is 43.0 Å². The normalized spacial score (nSPS) is 21.9. The molecule has 0 aliphatic heterocycles. The second kappa shape index (κ2) is 7.51. The number of rotatable bonds is 4. The molecule has 0 bridgehead atoms. The Bertz CT molecular complexity index is 643. The summed E-state index contributed by atoms with van der Waals surface area (Å²) in [6, 6.07) is 8.39. The molecule has 1 aromatic carbocycles. The standard InChI is InChI=1S/C19H26N4O/c1-14-3-7-17(8-4-14)22-19(24)21-15(2)16-5-9-18(10-6-16)23-12-11-20-13-23/h5-6,9-15,17H,3-4,7-8H2,1-2H3,(H2,21,22,24)/t14?,15-,17?/m1/s1. The lowest BCUT2D eigenvalue weighted by Gasteiger charge is -2.27. The minimum absolute atomic E-state index is 0.0237. The molecule has 3 rings (SSSR count). The lowest BCUT2D eigenvalue weighted by atomic mass is 9.87. The van der Waals surface area contributed by atoms with Crippen molar-refractivity contribution in [1.29, 1.82) is 0 Å². The van der Waals surface area contributed by atoms with E-state index in [0.29, 0.717) is 6.04 Å². The molecule has 1 fully saturated rings. The first-order valence-corrected chi connectivity index (χ1v) is 8.77. The van der Waals surface area contributed by atoms with E-state index in [9.17, 15) is 4.79 Å². The number of hydrogen-bond donors (Lipinski definition) is 2. The maximum Gasteiger partial charge on any atom is 0.315 e. The fourth-order valence-corrected chi connectivity index (χ4v) is 3.26. The van der Waals surface area contributed by atoms with Gasteiger partial charge in [0.25, 0.3) is 0 Å². The van der Waals surface area contributed by atoms with Gasteiger partial charge in [0.2, 0.25) is 0 Å². The summed E-state index contributed by atoms with van der Waals surface area (Å²) in [7, 11) is 0. The molecule has 2 amide bonds. The molecule has 1 aliphatic carbocycles. The van der Waals surface area contributed by atoms with E-state index < -0.39 is 0 Å². The molecule has 1 aromatic heterocycles. The van der Waals surface area contributed by atoms with Gasteiger partial charge in [-0.1, -0.05) is 19.1 Å². The van der Waals surface area contributed by atoms with Gasteiger partial charge in [0.05, 0.1) is 12.4 Å². The molecule has 24 heavy (non-hydrogen) atoms. The lowest BCUT2D eigenvalue weighted by Crippen LogP contribution is -2.44. The molecule has 2 N–H and O–H groups in total. The Kier molecular flexibility index (Phi) is 5.18. The fourth-order valence-electron chi connectivity index (χ4n) is 3.26. The molecule has 1 heterocycles. The third kappa shape index (κ3) is 4.16. The Hall–Kier alpha value is -2.30. The minimum Gasteiger partial charge on any atom is -0.335 e. The van der Waals surface area contributed by atoms with Crippen molar-refractivity contribution >= 4 is 6.03 Å². The van der Waals surface area contributed by atoms with Crippen LogP contribution in [0.1, 0.15) is 51.1 Å². The average molecular weight is 326 g/mol. The number of benzene rings is 1. The summed E-state index contributed by atoms with van der Waals surface area (Å²) in [5.74, 6) is 0.791. The van der Waals surface area contributed by atoms with Gasteiger partial charge >= 0.3 is 6.03 Å². The van der Waals surface area contributed by atoms with Crippen LogP contribution in [0.25, 0.3) is 5.69 Å². The Morgan fingerprint density at radius 2 is 1.92 bits per heavy atom. The van der Waals surface area contributed by atoms with Crippen LogP contribution in [0.3, 0.4) is 0 Å². The Labute approximate surface area is 143 Å². The summed E-state index contributed by atoms with van der Waals surface area (Å²) < 4.78 is 1.96. The van der Waals surface area contributed by atoms with Gasteiger partial charge in [0, 0.05) is 24.1 Å². The molecule has 128 valence electrons. The molecule has 1 aliphatic rings. The predicted molar refractivity (Wildman–Crippen MR) is 95.1 cm³/mol. The van der Waals surface area contributed by atoms with Crippen LogP contribution in [-0.2, 0) is 0 Å². The first-order chi connectivity index (χ1) is 11.6. The second-order valence-electron chi connectivity index (χ2n) is 6.86. The third-order valence-electron chi connectivity index (χ3n) is 4.89. The number of carbonyl (C=O) groups excluding carboxylic acids is 1. The van der Waals surface area contributed by atoms with E-state index in [4.69, 9.17) is 0 Å². The number of hydrogen-bond acceptors (Lipinski definition) is 2. The Morgan fingerprint density at radius 1 is 1.21 bits per heavy atom. The zero-order chi connectivity index (χ0) is 16.9. The van der Waals surface area contributed by atoms with E-state index in [0.717, 1.165) is 30.0 Å². The zero-order valence-corrected chi connectivity index (χ0v) is 14.4. The Balaban J connectivity index is 1.52. The first-order valence-electron chi connectivity index (χ1n) is 8.77. The zero-order valence-electron chi connectivity index (χ0n) is 14.4. The highest BCUT2D eigenvalue weighted by Crippen LogP contribution is 2.23. The number of nitrogens with zero attached hydrogens (tertiary/aromatic N) is 2. The molecule has 0 radical (unpaired) electrons. The quantitative estimate of drug-likeness (QED) is 0.897. The number of aromatic nitrogens is 2. The van der Waals surface area contributed by atoms with Gasteiger partial charge in [-0.3, -0.25) is 0 Å². The molecule has 1 saturated carbocycles. The summed E-state index contributed by atoms with van der Waals surface area (Å²) in [6.07, 6.45) is 10.0. The van der Waals surface area contributed by atoms with Gasteiger partial charge in [-0.05, 0) is 56.2 Å². The van der Waals surface area contributed by atoms with E-state index in [-0.39, 0.29) is 12.1 Å². The molecule has 0 saturated heterocycles. The summed E-state index contributed by atoms with van der Waals surface area (Å²) in [5, 5.41) is 6.15. The highest BCUT2D eigenvalue weighted by Gasteiger charge is 2.20. The highest BCUT2D eigenvalue weighted by atomic mass is 16.2. The van der Waals surface area contributed by atoms with Gasteiger partial charge in [0.15, 0.2) is 0 Å². The van der Waals surface area contributed by atoms with Crippen LogP contribution in [0.4, 0.5) is 4.79 Å². The second-order valence-corrected chi connectivity index (χ2v) is 6.86. The summed E-state index contributed by atoms with van der Waals surface area (Å²) in [5.41, 5.74) is 2.15. The topological polar surface area (TPSA) is 59.0 Å². The summed E-state index contributed by atoms with van der Waals surface area (Å²) >= 11 is 0. The summed E-state index contributed by atoms with van der Waals surface area (Å²) in [6.45, 7) is 4.29. The van der Waals surface area contributed by atoms with Crippen molar-refractivity contribution < 1.29 is 4.79 Å². The summed E-state index contributed by atoms with van der Waals surface area (Å²) in [4.78, 5) is 16.2. The van der Waals surface area contributed by atoms with Crippen molar-refractivity contribution in [3.63, 3.8) is 0 Å². The van der Waals surface area contributed by atoms with E-state index in [2.05, 4.69) is 22.5 Å². The third-order valence-corrected chi connectivity index (χ3v) is 4.89. The molecule has 2 aromatic rings. The van der Waals surface area contributed by atoms with Crippen molar-refractivity contribution in [3.05, 3.63) is 48.5 Å². The predicted octanol–water partition coefficient (Wildman–Crippen LogP) is 3.81. The van der Waals surface area contributed by atoms with Gasteiger partial charge in [0.1, 0.15) is 0 Å². The molecular weight excluding hydrogens is 300 g/mol. The van der Waals surface area contributed by atoms with E-state index in [1.807, 2.05) is 42.0 Å². The maximum absolute atomic E-state index is 12.2. The number of amides is 2. The average Bonchev–Trinajstić information content (AvgIpc) is 3.11. The van der Waals surface area contributed by atoms with Crippen LogP contribution in [-0.4, -0.2) is 21.6 Å². The monoisotopic (exact) mass is 326 g/mol. The van der Waals surface area contributed by atoms with Gasteiger partial charge in [-0.15, -0.1) is 0 Å².